The van der Waals surface area contributed by atoms with Gasteiger partial charge in [0.1, 0.15) is 0 Å². The predicted octanol–water partition coefficient (Wildman–Crippen LogP) is 6.84. The molecule has 0 rings (SSSR count). The summed E-state index contributed by atoms with van der Waals surface area (Å²) in [6, 6.07) is 0. The third-order valence-corrected chi connectivity index (χ3v) is 4.17. The van der Waals surface area contributed by atoms with Gasteiger partial charge >= 0.3 is 35.8 Å². The van der Waals surface area contributed by atoms with Gasteiger partial charge in [0.05, 0.1) is 5.60 Å². The van der Waals surface area contributed by atoms with Gasteiger partial charge in [-0.25, -0.2) is 0 Å². The van der Waals surface area contributed by atoms with Gasteiger partial charge in [-0.3, -0.25) is 0 Å². The Hall–Kier alpha value is -0.950. The van der Waals surface area contributed by atoms with Crippen LogP contribution in [0.5, 0.6) is 0 Å². The smallest absolute Gasteiger partial charge is 0.390 e. The van der Waals surface area contributed by atoms with Crippen molar-refractivity contribution in [2.45, 2.75) is 93.8 Å². The van der Waals surface area contributed by atoms with Gasteiger partial charge in [0.15, 0.2) is 0 Å². The van der Waals surface area contributed by atoms with E-state index in [1.807, 2.05) is 0 Å². The molecule has 0 fully saturated rings. The molecule has 29 heavy (non-hydrogen) atoms. The lowest BCUT2D eigenvalue weighted by Crippen LogP contribution is -2.70. The first-order valence-corrected chi connectivity index (χ1v) is 8.20. The Labute approximate surface area is 157 Å². The topological polar surface area (TPSA) is 20.2 Å². The average molecular weight is 462 g/mol. The van der Waals surface area contributed by atoms with Crippen LogP contribution in [0.4, 0.5) is 57.1 Å². The molecular weight excluding hydrogens is 443 g/mol. The summed E-state index contributed by atoms with van der Waals surface area (Å²) in [5, 5.41) is 9.70. The molecule has 14 heteroatoms. The summed E-state index contributed by atoms with van der Waals surface area (Å²) in [4.78, 5) is 0. The highest BCUT2D eigenvalue weighted by atomic mass is 19.4. The molecule has 0 saturated carbocycles. The highest BCUT2D eigenvalue weighted by Crippen LogP contribution is 2.61. The minimum atomic E-state index is -7.92. The van der Waals surface area contributed by atoms with Crippen LogP contribution in [0.1, 0.15) is 52.4 Å². The van der Waals surface area contributed by atoms with Gasteiger partial charge in [-0.1, -0.05) is 32.6 Å². The lowest BCUT2D eigenvalue weighted by molar-refractivity contribution is -0.441. The summed E-state index contributed by atoms with van der Waals surface area (Å²) < 4.78 is 169. The second kappa shape index (κ2) is 8.29. The summed E-state index contributed by atoms with van der Waals surface area (Å²) in [6.45, 7) is 2.22. The van der Waals surface area contributed by atoms with Crippen LogP contribution in [0.2, 0.25) is 0 Å². The van der Waals surface area contributed by atoms with E-state index >= 15 is 0 Å². The fourth-order valence-electron chi connectivity index (χ4n) is 2.41. The maximum absolute atomic E-state index is 13.7. The van der Waals surface area contributed by atoms with Gasteiger partial charge in [-0.15, -0.1) is 0 Å². The zero-order valence-electron chi connectivity index (χ0n) is 15.1. The third kappa shape index (κ3) is 5.22. The van der Waals surface area contributed by atoms with Gasteiger partial charge in [0.2, 0.25) is 0 Å². The molecule has 0 aromatic heterocycles. The highest BCUT2D eigenvalue weighted by molar-refractivity contribution is 5.11. The zero-order valence-corrected chi connectivity index (χ0v) is 15.1. The van der Waals surface area contributed by atoms with E-state index in [0.29, 0.717) is 26.2 Å². The Morgan fingerprint density at radius 1 is 0.586 bits per heavy atom. The van der Waals surface area contributed by atoms with E-state index in [9.17, 15) is 62.2 Å². The highest BCUT2D eigenvalue weighted by Gasteiger charge is 2.90. The summed E-state index contributed by atoms with van der Waals surface area (Å²) in [5.74, 6) is -37.1. The van der Waals surface area contributed by atoms with Crippen LogP contribution in [0.25, 0.3) is 0 Å². The number of hydrogen-bond donors (Lipinski definition) is 1. The third-order valence-electron chi connectivity index (χ3n) is 4.17. The second-order valence-corrected chi connectivity index (χ2v) is 6.98. The molecule has 0 bridgehead atoms. The minimum Gasteiger partial charge on any atom is -0.390 e. The molecule has 0 heterocycles. The molecule has 1 atom stereocenters. The molecule has 0 spiro atoms. The summed E-state index contributed by atoms with van der Waals surface area (Å²) in [6.07, 6.45) is -9.27. The lowest BCUT2D eigenvalue weighted by Gasteiger charge is -2.41. The molecule has 0 radical (unpaired) electrons. The van der Waals surface area contributed by atoms with Crippen molar-refractivity contribution in [2.24, 2.45) is 0 Å². The number of halogens is 13. The molecular formula is C15H19F13O. The summed E-state index contributed by atoms with van der Waals surface area (Å²) in [5.41, 5.74) is -2.82. The molecule has 0 aromatic carbocycles. The first-order valence-electron chi connectivity index (χ1n) is 8.20. The number of hydrogen-bond acceptors (Lipinski definition) is 1. The predicted molar refractivity (Wildman–Crippen MR) is 74.8 cm³/mol. The fourth-order valence-corrected chi connectivity index (χ4v) is 2.41. The standard InChI is InChI=1S/C15H19F13O/c1-3-4-5-6-7-9(2,29)8-10(16,17)11(18,19)12(20,21)13(22,23)14(24,25)15(26,27)28/h29H,3-8H2,1-2H3. The van der Waals surface area contributed by atoms with Crippen molar-refractivity contribution in [3.63, 3.8) is 0 Å². The van der Waals surface area contributed by atoms with Gasteiger partial charge in [-0.05, 0) is 13.3 Å². The minimum absolute atomic E-state index is 0.0544. The van der Waals surface area contributed by atoms with E-state index in [-0.39, 0.29) is 6.42 Å². The van der Waals surface area contributed by atoms with Gasteiger partial charge < -0.3 is 5.11 Å². The van der Waals surface area contributed by atoms with Crippen LogP contribution in [0.3, 0.4) is 0 Å². The fraction of sp³-hybridized carbons (Fsp3) is 1.00. The SMILES string of the molecule is CCCCCCC(C)(O)CC(F)(F)C(F)(F)C(F)(F)C(F)(F)C(F)(F)C(F)(F)F. The molecule has 1 nitrogen and oxygen atoms in total. The molecule has 0 aromatic rings. The maximum Gasteiger partial charge on any atom is 0.460 e. The van der Waals surface area contributed by atoms with Crippen LogP contribution >= 0.6 is 0 Å². The Morgan fingerprint density at radius 2 is 1.00 bits per heavy atom. The van der Waals surface area contributed by atoms with E-state index < -0.39 is 54.2 Å². The zero-order chi connectivity index (χ0) is 23.7. The number of unbranched alkanes of at least 4 members (excludes halogenated alkanes) is 3. The van der Waals surface area contributed by atoms with Crippen molar-refractivity contribution < 1.29 is 62.2 Å². The van der Waals surface area contributed by atoms with Crippen molar-refractivity contribution >= 4 is 0 Å². The molecule has 0 aliphatic heterocycles. The van der Waals surface area contributed by atoms with Crippen LogP contribution in [0.15, 0.2) is 0 Å². The molecule has 1 unspecified atom stereocenters. The molecule has 0 saturated heterocycles. The monoisotopic (exact) mass is 462 g/mol. The quantitative estimate of drug-likeness (QED) is 0.264. The maximum atomic E-state index is 13.7. The van der Waals surface area contributed by atoms with E-state index in [1.165, 1.54) is 0 Å². The van der Waals surface area contributed by atoms with Crippen molar-refractivity contribution in [1.29, 1.82) is 0 Å². The van der Waals surface area contributed by atoms with Gasteiger partial charge in [0.25, 0.3) is 0 Å². The lowest BCUT2D eigenvalue weighted by atomic mass is 9.85. The van der Waals surface area contributed by atoms with Crippen molar-refractivity contribution in [1.82, 2.24) is 0 Å². The number of aliphatic hydroxyl groups is 1. The normalized spacial score (nSPS) is 17.4. The van der Waals surface area contributed by atoms with Crippen LogP contribution in [0, 0.1) is 0 Å². The first-order chi connectivity index (χ1) is 12.5. The Bertz CT molecular complexity index is 537. The largest absolute Gasteiger partial charge is 0.460 e. The van der Waals surface area contributed by atoms with Gasteiger partial charge in [-0.2, -0.15) is 57.1 Å². The van der Waals surface area contributed by atoms with Crippen molar-refractivity contribution in [2.75, 3.05) is 0 Å². The average Bonchev–Trinajstić information content (AvgIpc) is 2.48. The number of rotatable bonds is 11. The van der Waals surface area contributed by atoms with Gasteiger partial charge in [0, 0.05) is 6.42 Å². The molecule has 0 aliphatic carbocycles. The second-order valence-electron chi connectivity index (χ2n) is 6.98. The van der Waals surface area contributed by atoms with E-state index in [4.69, 9.17) is 0 Å². The Balaban J connectivity index is 5.87. The molecule has 1 N–H and O–H groups in total. The Morgan fingerprint density at radius 3 is 1.38 bits per heavy atom. The van der Waals surface area contributed by atoms with Crippen LogP contribution < -0.4 is 0 Å². The number of alkyl halides is 13. The van der Waals surface area contributed by atoms with E-state index in [2.05, 4.69) is 0 Å². The van der Waals surface area contributed by atoms with Crippen LogP contribution in [-0.4, -0.2) is 46.5 Å². The van der Waals surface area contributed by atoms with E-state index in [1.54, 1.807) is 6.92 Å². The van der Waals surface area contributed by atoms with Crippen molar-refractivity contribution in [3.8, 4) is 0 Å². The molecule has 0 aliphatic rings. The van der Waals surface area contributed by atoms with E-state index in [0.717, 1.165) is 0 Å². The summed E-state index contributed by atoms with van der Waals surface area (Å²) >= 11 is 0. The Kier molecular flexibility index (Phi) is 8.02. The molecule has 0 amide bonds. The molecule has 176 valence electrons. The van der Waals surface area contributed by atoms with Crippen LogP contribution in [-0.2, 0) is 0 Å². The first kappa shape index (κ1) is 28.1. The summed E-state index contributed by atoms with van der Waals surface area (Å²) in [7, 11) is 0. The van der Waals surface area contributed by atoms with Crippen molar-refractivity contribution in [3.05, 3.63) is 0 Å².